The highest BCUT2D eigenvalue weighted by molar-refractivity contribution is 7.80. The Balaban J connectivity index is 3.01. The fraction of sp³-hybridized carbons (Fsp3) is 0.533. The first-order valence-corrected chi connectivity index (χ1v) is 7.08. The Morgan fingerprint density at radius 3 is 2.29 bits per heavy atom. The van der Waals surface area contributed by atoms with Crippen LogP contribution in [0.3, 0.4) is 0 Å². The summed E-state index contributed by atoms with van der Waals surface area (Å²) in [5, 5.41) is 3.14. The average Bonchev–Trinajstić information content (AvgIpc) is 2.33. The molecule has 6 heteroatoms. The molecule has 3 N–H and O–H groups in total. The molecule has 0 fully saturated rings. The van der Waals surface area contributed by atoms with E-state index in [4.69, 9.17) is 18.0 Å². The summed E-state index contributed by atoms with van der Waals surface area (Å²) in [5.74, 6) is 0.332. The van der Waals surface area contributed by atoms with Gasteiger partial charge in [-0.25, -0.2) is 0 Å². The van der Waals surface area contributed by atoms with Gasteiger partial charge in [0.25, 0.3) is 0 Å². The topological polar surface area (TPSA) is 38.0 Å². The second-order valence-electron chi connectivity index (χ2n) is 6.27. The fourth-order valence-electron chi connectivity index (χ4n) is 1.65. The molecule has 0 radical (unpaired) electrons. The van der Waals surface area contributed by atoms with Crippen LogP contribution in [0.5, 0.6) is 0 Å². The van der Waals surface area contributed by atoms with E-state index >= 15 is 0 Å². The van der Waals surface area contributed by atoms with Crippen LogP contribution in [-0.4, -0.2) is 11.5 Å². The van der Waals surface area contributed by atoms with E-state index in [0.717, 1.165) is 12.1 Å². The van der Waals surface area contributed by atoms with Crippen molar-refractivity contribution in [2.75, 3.05) is 11.9 Å². The minimum Gasteiger partial charge on any atom is -0.389 e. The molecule has 0 aliphatic rings. The highest BCUT2D eigenvalue weighted by atomic mass is 32.1. The van der Waals surface area contributed by atoms with Gasteiger partial charge in [-0.3, -0.25) is 0 Å². The average molecular weight is 318 g/mol. The van der Waals surface area contributed by atoms with Gasteiger partial charge < -0.3 is 11.1 Å². The van der Waals surface area contributed by atoms with Crippen molar-refractivity contribution in [3.8, 4) is 0 Å². The lowest BCUT2D eigenvalue weighted by Gasteiger charge is -2.28. The summed E-state index contributed by atoms with van der Waals surface area (Å²) < 4.78 is 38.2. The smallest absolute Gasteiger partial charge is 0.389 e. The molecule has 1 aromatic rings. The SMILES string of the molecule is CC(CNc1ccc(C(F)(F)F)cc1C(N)=S)C(C)(C)C. The van der Waals surface area contributed by atoms with Crippen LogP contribution < -0.4 is 11.1 Å². The lowest BCUT2D eigenvalue weighted by atomic mass is 9.82. The first kappa shape index (κ1) is 17.8. The molecule has 0 aliphatic heterocycles. The number of halogens is 3. The van der Waals surface area contributed by atoms with Gasteiger partial charge in [-0.1, -0.05) is 39.9 Å². The number of nitrogens with one attached hydrogen (secondary N) is 1. The number of rotatable bonds is 4. The van der Waals surface area contributed by atoms with E-state index in [1.54, 1.807) is 0 Å². The van der Waals surface area contributed by atoms with Crippen LogP contribution in [0.1, 0.15) is 38.8 Å². The lowest BCUT2D eigenvalue weighted by Crippen LogP contribution is -2.26. The Kier molecular flexibility index (Phi) is 5.25. The minimum atomic E-state index is -4.41. The Morgan fingerprint density at radius 2 is 1.86 bits per heavy atom. The van der Waals surface area contributed by atoms with Crippen molar-refractivity contribution in [3.63, 3.8) is 0 Å². The monoisotopic (exact) mass is 318 g/mol. The molecule has 1 rings (SSSR count). The van der Waals surface area contributed by atoms with E-state index in [2.05, 4.69) is 33.0 Å². The van der Waals surface area contributed by atoms with Crippen LogP contribution in [0, 0.1) is 11.3 Å². The van der Waals surface area contributed by atoms with Crippen molar-refractivity contribution >= 4 is 22.9 Å². The second-order valence-corrected chi connectivity index (χ2v) is 6.71. The summed E-state index contributed by atoms with van der Waals surface area (Å²) >= 11 is 4.86. The molecule has 118 valence electrons. The first-order chi connectivity index (χ1) is 9.43. The van der Waals surface area contributed by atoms with E-state index in [0.29, 0.717) is 18.2 Å². The highest BCUT2D eigenvalue weighted by Crippen LogP contribution is 2.32. The number of anilines is 1. The molecule has 0 saturated carbocycles. The predicted molar refractivity (Wildman–Crippen MR) is 84.4 cm³/mol. The number of hydrogen-bond acceptors (Lipinski definition) is 2. The largest absolute Gasteiger partial charge is 0.416 e. The van der Waals surface area contributed by atoms with Crippen LogP contribution in [0.4, 0.5) is 18.9 Å². The molecule has 0 heterocycles. The molecule has 0 amide bonds. The molecule has 2 nitrogen and oxygen atoms in total. The van der Waals surface area contributed by atoms with Crippen LogP contribution >= 0.6 is 12.2 Å². The third kappa shape index (κ3) is 4.88. The van der Waals surface area contributed by atoms with E-state index in [9.17, 15) is 13.2 Å². The fourth-order valence-corrected chi connectivity index (χ4v) is 1.82. The molecule has 0 aliphatic carbocycles. The summed E-state index contributed by atoms with van der Waals surface area (Å²) in [6, 6.07) is 3.41. The second kappa shape index (κ2) is 6.22. The highest BCUT2D eigenvalue weighted by Gasteiger charge is 2.31. The van der Waals surface area contributed by atoms with Crippen molar-refractivity contribution in [2.45, 2.75) is 33.9 Å². The lowest BCUT2D eigenvalue weighted by molar-refractivity contribution is -0.137. The van der Waals surface area contributed by atoms with E-state index in [1.165, 1.54) is 6.07 Å². The zero-order valence-corrected chi connectivity index (χ0v) is 13.5. The Labute approximate surface area is 128 Å². The quantitative estimate of drug-likeness (QED) is 0.806. The summed E-state index contributed by atoms with van der Waals surface area (Å²) in [6.07, 6.45) is -4.41. The van der Waals surface area contributed by atoms with Crippen LogP contribution in [0.2, 0.25) is 0 Å². The van der Waals surface area contributed by atoms with Gasteiger partial charge in [0.1, 0.15) is 4.99 Å². The molecule has 1 atom stereocenters. The standard InChI is InChI=1S/C15H21F3N2S/c1-9(14(2,3)4)8-20-12-6-5-10(15(16,17)18)7-11(12)13(19)21/h5-7,9,20H,8H2,1-4H3,(H2,19,21). The molecule has 21 heavy (non-hydrogen) atoms. The van der Waals surface area contributed by atoms with Gasteiger partial charge in [0, 0.05) is 17.8 Å². The summed E-state index contributed by atoms with van der Waals surface area (Å²) in [5.41, 5.74) is 5.65. The maximum absolute atomic E-state index is 12.7. The number of nitrogens with two attached hydrogens (primary N) is 1. The van der Waals surface area contributed by atoms with Crippen LogP contribution in [0.25, 0.3) is 0 Å². The van der Waals surface area contributed by atoms with Gasteiger partial charge in [-0.2, -0.15) is 13.2 Å². The first-order valence-electron chi connectivity index (χ1n) is 6.68. The number of benzene rings is 1. The number of alkyl halides is 3. The molecular weight excluding hydrogens is 297 g/mol. The molecule has 0 aromatic heterocycles. The summed E-state index contributed by atoms with van der Waals surface area (Å²) in [7, 11) is 0. The zero-order valence-electron chi connectivity index (χ0n) is 12.6. The van der Waals surface area contributed by atoms with Crippen LogP contribution in [0.15, 0.2) is 18.2 Å². The Hall–Kier alpha value is -1.30. The molecular formula is C15H21F3N2S. The van der Waals surface area contributed by atoms with E-state index in [1.807, 2.05) is 0 Å². The Bertz CT molecular complexity index is 519. The third-order valence-electron chi connectivity index (χ3n) is 3.69. The third-order valence-corrected chi connectivity index (χ3v) is 3.91. The molecule has 0 saturated heterocycles. The maximum Gasteiger partial charge on any atom is 0.416 e. The van der Waals surface area contributed by atoms with Crippen molar-refractivity contribution < 1.29 is 13.2 Å². The van der Waals surface area contributed by atoms with Gasteiger partial charge in [0.2, 0.25) is 0 Å². The molecule has 1 unspecified atom stereocenters. The van der Waals surface area contributed by atoms with Crippen molar-refractivity contribution in [3.05, 3.63) is 29.3 Å². The summed E-state index contributed by atoms with van der Waals surface area (Å²) in [6.45, 7) is 9.05. The zero-order chi connectivity index (χ0) is 16.4. The Morgan fingerprint density at radius 1 is 1.29 bits per heavy atom. The normalized spacial score (nSPS) is 13.9. The molecule has 0 bridgehead atoms. The minimum absolute atomic E-state index is 0.0491. The van der Waals surface area contributed by atoms with Gasteiger partial charge in [-0.15, -0.1) is 0 Å². The predicted octanol–water partition coefficient (Wildman–Crippen LogP) is 4.43. The van der Waals surface area contributed by atoms with E-state index in [-0.39, 0.29) is 16.0 Å². The van der Waals surface area contributed by atoms with Gasteiger partial charge >= 0.3 is 6.18 Å². The van der Waals surface area contributed by atoms with Gasteiger partial charge in [0.05, 0.1) is 5.56 Å². The molecule has 0 spiro atoms. The number of hydrogen-bond donors (Lipinski definition) is 2. The van der Waals surface area contributed by atoms with Crippen molar-refractivity contribution in [1.82, 2.24) is 0 Å². The van der Waals surface area contributed by atoms with Crippen LogP contribution in [-0.2, 0) is 6.18 Å². The van der Waals surface area contributed by atoms with Crippen molar-refractivity contribution in [1.29, 1.82) is 0 Å². The van der Waals surface area contributed by atoms with Crippen molar-refractivity contribution in [2.24, 2.45) is 17.1 Å². The number of thiocarbonyl (C=S) groups is 1. The van der Waals surface area contributed by atoms with Gasteiger partial charge in [-0.05, 0) is 29.5 Å². The van der Waals surface area contributed by atoms with Gasteiger partial charge in [0.15, 0.2) is 0 Å². The van der Waals surface area contributed by atoms with E-state index < -0.39 is 11.7 Å². The summed E-state index contributed by atoms with van der Waals surface area (Å²) in [4.78, 5) is -0.0491. The maximum atomic E-state index is 12.7. The molecule has 1 aromatic carbocycles.